The summed E-state index contributed by atoms with van der Waals surface area (Å²) in [6.45, 7) is 7.53. The highest BCUT2D eigenvalue weighted by Gasteiger charge is 2.17. The summed E-state index contributed by atoms with van der Waals surface area (Å²) < 4.78 is 17.4. The lowest BCUT2D eigenvalue weighted by molar-refractivity contribution is -0.163. The molecule has 0 spiro atoms. The Bertz CT molecular complexity index is 1270. The van der Waals surface area contributed by atoms with Gasteiger partial charge in [0.15, 0.2) is 6.10 Å². The maximum Gasteiger partial charge on any atom is 0.306 e. The van der Waals surface area contributed by atoms with Crippen molar-refractivity contribution in [2.45, 2.75) is 258 Å². The number of esters is 2. The van der Waals surface area contributed by atoms with Crippen molar-refractivity contribution in [2.75, 3.05) is 19.8 Å². The smallest absolute Gasteiger partial charge is 0.306 e. The number of ether oxygens (including phenoxy) is 3. The van der Waals surface area contributed by atoms with Gasteiger partial charge in [0.2, 0.25) is 0 Å². The van der Waals surface area contributed by atoms with E-state index >= 15 is 0 Å². The molecule has 1 unspecified atom stereocenters. The van der Waals surface area contributed by atoms with Crippen LogP contribution in [-0.4, -0.2) is 37.9 Å². The lowest BCUT2D eigenvalue weighted by Gasteiger charge is -2.18. The van der Waals surface area contributed by atoms with Crippen molar-refractivity contribution in [3.8, 4) is 0 Å². The van der Waals surface area contributed by atoms with E-state index in [0.717, 1.165) is 116 Å². The third kappa shape index (κ3) is 53.4. The third-order valence-corrected chi connectivity index (χ3v) is 11.6. The fourth-order valence-corrected chi connectivity index (χ4v) is 7.55. The molecule has 0 aromatic heterocycles. The minimum absolute atomic E-state index is 0.0604. The molecule has 0 N–H and O–H groups in total. The molecule has 5 heteroatoms. The molecule has 0 saturated heterocycles. The van der Waals surface area contributed by atoms with Crippen LogP contribution in [0.1, 0.15) is 252 Å². The van der Waals surface area contributed by atoms with Gasteiger partial charge in [0.1, 0.15) is 6.61 Å². The Morgan fingerprint density at radius 2 is 0.682 bits per heavy atom. The molecule has 0 saturated carbocycles. The Hall–Kier alpha value is -3.18. The van der Waals surface area contributed by atoms with E-state index in [9.17, 15) is 9.59 Å². The van der Waals surface area contributed by atoms with Crippen LogP contribution in [0.3, 0.4) is 0 Å². The van der Waals surface area contributed by atoms with Crippen LogP contribution in [0.15, 0.2) is 97.2 Å². The zero-order chi connectivity index (χ0) is 47.7. The van der Waals surface area contributed by atoms with Gasteiger partial charge in [-0.25, -0.2) is 0 Å². The first-order chi connectivity index (χ1) is 32.6. The molecule has 0 rings (SSSR count). The molecule has 378 valence electrons. The molecule has 0 aromatic carbocycles. The SMILES string of the molecule is CC/C=C\C/C=C\C/C=C\C/C=C\C/C=C\CCCCCCOCC(COC(=O)CCCCCCCCCCCCCCCCCCC)OC(=O)CCCCC/C=C\C/C=C\C/C=C\CC. The molecule has 0 aliphatic carbocycles. The van der Waals surface area contributed by atoms with Crippen molar-refractivity contribution >= 4 is 11.9 Å². The van der Waals surface area contributed by atoms with E-state index < -0.39 is 6.10 Å². The Morgan fingerprint density at radius 1 is 0.348 bits per heavy atom. The maximum absolute atomic E-state index is 12.8. The first-order valence-electron chi connectivity index (χ1n) is 27.8. The van der Waals surface area contributed by atoms with E-state index in [4.69, 9.17) is 14.2 Å². The largest absolute Gasteiger partial charge is 0.462 e. The van der Waals surface area contributed by atoms with Crippen molar-refractivity contribution in [1.82, 2.24) is 0 Å². The molecule has 0 fully saturated rings. The van der Waals surface area contributed by atoms with Crippen molar-refractivity contribution in [3.05, 3.63) is 97.2 Å². The predicted octanol–water partition coefficient (Wildman–Crippen LogP) is 19.0. The Kier molecular flexibility index (Phi) is 53.4. The fourth-order valence-electron chi connectivity index (χ4n) is 7.55. The normalized spacial score (nSPS) is 13.0. The molecule has 0 amide bonds. The second kappa shape index (κ2) is 56.1. The van der Waals surface area contributed by atoms with Gasteiger partial charge < -0.3 is 14.2 Å². The van der Waals surface area contributed by atoms with Gasteiger partial charge in [-0.2, -0.15) is 0 Å². The molecule has 0 aromatic rings. The van der Waals surface area contributed by atoms with Crippen molar-refractivity contribution in [3.63, 3.8) is 0 Å². The van der Waals surface area contributed by atoms with Gasteiger partial charge in [-0.05, 0) is 96.3 Å². The average molecular weight is 917 g/mol. The van der Waals surface area contributed by atoms with Crippen LogP contribution >= 0.6 is 0 Å². The first-order valence-corrected chi connectivity index (χ1v) is 27.8. The molecule has 66 heavy (non-hydrogen) atoms. The molecule has 1 atom stereocenters. The summed E-state index contributed by atoms with van der Waals surface area (Å²) in [5.41, 5.74) is 0. The summed E-state index contributed by atoms with van der Waals surface area (Å²) >= 11 is 0. The van der Waals surface area contributed by atoms with E-state index in [1.54, 1.807) is 0 Å². The van der Waals surface area contributed by atoms with Crippen molar-refractivity contribution in [2.24, 2.45) is 0 Å². The summed E-state index contributed by atoms with van der Waals surface area (Å²) in [6, 6.07) is 0. The van der Waals surface area contributed by atoms with E-state index in [1.807, 2.05) is 0 Å². The van der Waals surface area contributed by atoms with E-state index in [-0.39, 0.29) is 25.2 Å². The van der Waals surface area contributed by atoms with Gasteiger partial charge in [-0.15, -0.1) is 0 Å². The zero-order valence-corrected chi connectivity index (χ0v) is 43.4. The number of hydrogen-bond donors (Lipinski definition) is 0. The van der Waals surface area contributed by atoms with Crippen LogP contribution in [0, 0.1) is 0 Å². The zero-order valence-electron chi connectivity index (χ0n) is 43.4. The standard InChI is InChI=1S/C61H104O5/c1-4-7-10-13-16-19-22-25-27-29-30-31-33-35-38-41-44-47-50-53-56-64-57-59(66-61(63)55-52-49-46-43-40-36-24-21-18-15-12-9-6-3)58-65-60(62)54-51-48-45-42-39-37-34-32-28-26-23-20-17-14-11-8-5-2/h7,9-10,12,16,18-19,21,25,27,30-31,35-36,38,40,59H,4-6,8,11,13-15,17,20,22-24,26,28-29,32-34,37,39,41-58H2,1-3H3/b10-7-,12-9-,19-16-,21-18-,27-25-,31-30-,38-35-,40-36-. The lowest BCUT2D eigenvalue weighted by atomic mass is 10.0. The second-order valence-electron chi connectivity index (χ2n) is 18.1. The average Bonchev–Trinajstić information content (AvgIpc) is 3.32. The highest BCUT2D eigenvalue weighted by Crippen LogP contribution is 2.15. The molecule has 0 heterocycles. The Labute approximate surface area is 409 Å². The molecular weight excluding hydrogens is 813 g/mol. The Morgan fingerprint density at radius 3 is 1.11 bits per heavy atom. The number of carbonyl (C=O) groups is 2. The lowest BCUT2D eigenvalue weighted by Crippen LogP contribution is -2.30. The van der Waals surface area contributed by atoms with Gasteiger partial charge in [-0.3, -0.25) is 9.59 Å². The topological polar surface area (TPSA) is 61.8 Å². The number of carbonyl (C=O) groups excluding carboxylic acids is 2. The predicted molar refractivity (Wildman–Crippen MR) is 288 cm³/mol. The summed E-state index contributed by atoms with van der Waals surface area (Å²) in [7, 11) is 0. The number of unbranched alkanes of at least 4 members (excludes halogenated alkanes) is 23. The molecule has 5 nitrogen and oxygen atoms in total. The first kappa shape index (κ1) is 62.8. The number of allylic oxidation sites excluding steroid dienone is 16. The van der Waals surface area contributed by atoms with Gasteiger partial charge in [0.25, 0.3) is 0 Å². The van der Waals surface area contributed by atoms with Crippen LogP contribution in [0.5, 0.6) is 0 Å². The Balaban J connectivity index is 4.33. The third-order valence-electron chi connectivity index (χ3n) is 11.6. The van der Waals surface area contributed by atoms with Gasteiger partial charge in [0.05, 0.1) is 6.61 Å². The van der Waals surface area contributed by atoms with Crippen LogP contribution in [-0.2, 0) is 23.8 Å². The summed E-state index contributed by atoms with van der Waals surface area (Å²) in [5, 5.41) is 0. The van der Waals surface area contributed by atoms with E-state index in [2.05, 4.69) is 118 Å². The van der Waals surface area contributed by atoms with Crippen LogP contribution in [0.4, 0.5) is 0 Å². The summed E-state index contributed by atoms with van der Waals surface area (Å²) in [4.78, 5) is 25.5. The summed E-state index contributed by atoms with van der Waals surface area (Å²) in [6.07, 6.45) is 75.7. The van der Waals surface area contributed by atoms with Crippen LogP contribution < -0.4 is 0 Å². The summed E-state index contributed by atoms with van der Waals surface area (Å²) in [5.74, 6) is -0.443. The molecule has 0 bridgehead atoms. The monoisotopic (exact) mass is 917 g/mol. The van der Waals surface area contributed by atoms with Gasteiger partial charge >= 0.3 is 11.9 Å². The minimum Gasteiger partial charge on any atom is -0.462 e. The van der Waals surface area contributed by atoms with Crippen LogP contribution in [0.2, 0.25) is 0 Å². The van der Waals surface area contributed by atoms with E-state index in [1.165, 1.54) is 103 Å². The van der Waals surface area contributed by atoms with Crippen molar-refractivity contribution < 1.29 is 23.8 Å². The molecule has 0 aliphatic rings. The van der Waals surface area contributed by atoms with Gasteiger partial charge in [-0.1, -0.05) is 240 Å². The van der Waals surface area contributed by atoms with Crippen LogP contribution in [0.25, 0.3) is 0 Å². The number of rotatable bonds is 50. The molecule has 0 aliphatic heterocycles. The maximum atomic E-state index is 12.8. The van der Waals surface area contributed by atoms with Gasteiger partial charge in [0, 0.05) is 19.4 Å². The van der Waals surface area contributed by atoms with E-state index in [0.29, 0.717) is 19.4 Å². The van der Waals surface area contributed by atoms with Crippen molar-refractivity contribution in [1.29, 1.82) is 0 Å². The fraction of sp³-hybridized carbons (Fsp3) is 0.705. The molecule has 0 radical (unpaired) electrons. The highest BCUT2D eigenvalue weighted by molar-refractivity contribution is 5.70. The highest BCUT2D eigenvalue weighted by atomic mass is 16.6. The number of hydrogen-bond acceptors (Lipinski definition) is 5. The second-order valence-corrected chi connectivity index (χ2v) is 18.1. The quantitative estimate of drug-likeness (QED) is 0.0346. The minimum atomic E-state index is -0.569. The molecular formula is C61H104O5.